The Balaban J connectivity index is 1.68. The van der Waals surface area contributed by atoms with Crippen molar-refractivity contribution < 1.29 is 17.6 Å². The number of aryl methyl sites for hydroxylation is 1. The number of sulfonamides is 1. The van der Waals surface area contributed by atoms with E-state index in [1.807, 2.05) is 6.07 Å². The summed E-state index contributed by atoms with van der Waals surface area (Å²) in [5.74, 6) is 0.702. The van der Waals surface area contributed by atoms with E-state index in [4.69, 9.17) is 20.8 Å². The predicted molar refractivity (Wildman–Crippen MR) is 93.3 cm³/mol. The van der Waals surface area contributed by atoms with Crippen molar-refractivity contribution in [2.24, 2.45) is 0 Å². The number of aromatic nitrogens is 2. The zero-order chi connectivity index (χ0) is 17.6. The van der Waals surface area contributed by atoms with Crippen LogP contribution in [0.15, 0.2) is 32.9 Å². The number of nitrogens with zero attached hydrogens (tertiary/aromatic N) is 3. The lowest BCUT2D eigenvalue weighted by Gasteiger charge is -2.30. The molecule has 25 heavy (non-hydrogen) atoms. The number of morpholine rings is 1. The van der Waals surface area contributed by atoms with Crippen LogP contribution in [-0.2, 0) is 14.8 Å². The molecule has 132 valence electrons. The third-order valence-corrected chi connectivity index (χ3v) is 7.22. The van der Waals surface area contributed by atoms with E-state index in [-0.39, 0.29) is 30.5 Å². The Labute approximate surface area is 153 Å². The molecule has 0 N–H and O–H groups in total. The molecule has 1 aliphatic heterocycles. The second kappa shape index (κ2) is 6.33. The van der Waals surface area contributed by atoms with Crippen molar-refractivity contribution in [1.82, 2.24) is 14.5 Å². The van der Waals surface area contributed by atoms with Crippen LogP contribution < -0.4 is 0 Å². The number of fused-ring (bicyclic) bond motifs is 1. The third-order valence-electron chi connectivity index (χ3n) is 3.96. The molecule has 3 aromatic rings. The van der Waals surface area contributed by atoms with Crippen molar-refractivity contribution in [2.45, 2.75) is 17.9 Å². The molecule has 0 bridgehead atoms. The van der Waals surface area contributed by atoms with Crippen LogP contribution in [-0.4, -0.2) is 42.6 Å². The molecule has 0 unspecified atom stereocenters. The molecule has 10 heteroatoms. The first-order valence-electron chi connectivity index (χ1n) is 7.53. The molecular formula is C15H14ClN3O4S2. The largest absolute Gasteiger partial charge is 0.423 e. The summed E-state index contributed by atoms with van der Waals surface area (Å²) in [4.78, 5) is 0.261. The lowest BCUT2D eigenvalue weighted by molar-refractivity contribution is -0.0176. The zero-order valence-corrected chi connectivity index (χ0v) is 15.6. The monoisotopic (exact) mass is 399 g/mol. The number of hydrogen-bond donors (Lipinski definition) is 0. The summed E-state index contributed by atoms with van der Waals surface area (Å²) >= 11 is 7.41. The van der Waals surface area contributed by atoms with Crippen molar-refractivity contribution in [3.05, 3.63) is 40.4 Å². The minimum Gasteiger partial charge on any atom is -0.423 e. The van der Waals surface area contributed by atoms with Crippen LogP contribution in [0.25, 0.3) is 10.1 Å². The number of thiophene rings is 1. The maximum atomic E-state index is 13.1. The molecule has 2 aromatic heterocycles. The van der Waals surface area contributed by atoms with E-state index in [2.05, 4.69) is 10.2 Å². The number of ether oxygens (including phenoxy) is 1. The van der Waals surface area contributed by atoms with E-state index < -0.39 is 16.1 Å². The third kappa shape index (κ3) is 3.06. The molecule has 0 spiro atoms. The summed E-state index contributed by atoms with van der Waals surface area (Å²) in [6, 6.07) is 5.25. The van der Waals surface area contributed by atoms with Crippen molar-refractivity contribution in [1.29, 1.82) is 0 Å². The van der Waals surface area contributed by atoms with Gasteiger partial charge in [-0.3, -0.25) is 0 Å². The highest BCUT2D eigenvalue weighted by Gasteiger charge is 2.35. The van der Waals surface area contributed by atoms with Gasteiger partial charge in [0, 0.05) is 40.5 Å². The SMILES string of the molecule is Cc1nnc([C@@H]2CN(S(=O)(=O)c3csc4ccc(Cl)cc34)CCO2)o1. The summed E-state index contributed by atoms with van der Waals surface area (Å²) < 4.78 is 39.5. The second-order valence-electron chi connectivity index (χ2n) is 5.62. The quantitative estimate of drug-likeness (QED) is 0.673. The van der Waals surface area contributed by atoms with Gasteiger partial charge in [-0.1, -0.05) is 11.6 Å². The van der Waals surface area contributed by atoms with E-state index in [0.717, 1.165) is 4.70 Å². The van der Waals surface area contributed by atoms with Gasteiger partial charge in [0.1, 0.15) is 11.0 Å². The fourth-order valence-corrected chi connectivity index (χ4v) is 5.79. The van der Waals surface area contributed by atoms with Gasteiger partial charge >= 0.3 is 0 Å². The summed E-state index contributed by atoms with van der Waals surface area (Å²) in [5.41, 5.74) is 0. The molecule has 0 amide bonds. The highest BCUT2D eigenvalue weighted by molar-refractivity contribution is 7.89. The molecule has 1 fully saturated rings. The fourth-order valence-electron chi connectivity index (χ4n) is 2.75. The molecule has 0 saturated carbocycles. The molecule has 4 rings (SSSR count). The van der Waals surface area contributed by atoms with Gasteiger partial charge in [0.05, 0.1) is 6.61 Å². The maximum absolute atomic E-state index is 13.1. The molecular weight excluding hydrogens is 386 g/mol. The van der Waals surface area contributed by atoms with Crippen LogP contribution in [0.2, 0.25) is 5.02 Å². The van der Waals surface area contributed by atoms with Gasteiger partial charge in [0.15, 0.2) is 0 Å². The fraction of sp³-hybridized carbons (Fsp3) is 0.333. The maximum Gasteiger partial charge on any atom is 0.246 e. The summed E-state index contributed by atoms with van der Waals surface area (Å²) in [7, 11) is -3.68. The molecule has 1 atom stereocenters. The normalized spacial score (nSPS) is 19.5. The second-order valence-corrected chi connectivity index (χ2v) is 8.88. The van der Waals surface area contributed by atoms with E-state index in [9.17, 15) is 8.42 Å². The molecule has 1 aromatic carbocycles. The van der Waals surface area contributed by atoms with Crippen LogP contribution >= 0.6 is 22.9 Å². The summed E-state index contributed by atoms with van der Waals surface area (Å²) in [5, 5.41) is 10.5. The summed E-state index contributed by atoms with van der Waals surface area (Å²) in [6.45, 7) is 2.33. The Morgan fingerprint density at radius 2 is 2.20 bits per heavy atom. The Bertz CT molecular complexity index is 1030. The van der Waals surface area contributed by atoms with E-state index in [0.29, 0.717) is 16.3 Å². The van der Waals surface area contributed by atoms with Crippen molar-refractivity contribution in [3.63, 3.8) is 0 Å². The Morgan fingerprint density at radius 1 is 1.36 bits per heavy atom. The topological polar surface area (TPSA) is 85.5 Å². The molecule has 1 aliphatic rings. The standard InChI is InChI=1S/C15H14ClN3O4S2/c1-9-17-18-15(23-9)12-7-19(4-5-22-12)25(20,21)14-8-24-13-3-2-10(16)6-11(13)14/h2-3,6,8,12H,4-5,7H2,1H3/t12-/m0/s1. The Morgan fingerprint density at radius 3 is 2.96 bits per heavy atom. The van der Waals surface area contributed by atoms with Gasteiger partial charge in [0.25, 0.3) is 0 Å². The van der Waals surface area contributed by atoms with Gasteiger partial charge in [0.2, 0.25) is 21.8 Å². The smallest absolute Gasteiger partial charge is 0.246 e. The Kier molecular flexibility index (Phi) is 4.28. The predicted octanol–water partition coefficient (Wildman–Crippen LogP) is 3.01. The van der Waals surface area contributed by atoms with E-state index >= 15 is 0 Å². The van der Waals surface area contributed by atoms with Gasteiger partial charge in [-0.25, -0.2) is 8.42 Å². The molecule has 1 saturated heterocycles. The number of hydrogen-bond acceptors (Lipinski definition) is 7. The van der Waals surface area contributed by atoms with Gasteiger partial charge in [-0.05, 0) is 18.2 Å². The van der Waals surface area contributed by atoms with Crippen LogP contribution in [0, 0.1) is 6.92 Å². The molecule has 3 heterocycles. The average Bonchev–Trinajstić information content (AvgIpc) is 3.21. The molecule has 0 radical (unpaired) electrons. The number of halogens is 1. The molecule has 7 nitrogen and oxygen atoms in total. The average molecular weight is 400 g/mol. The van der Waals surface area contributed by atoms with Crippen molar-refractivity contribution >= 4 is 43.0 Å². The highest BCUT2D eigenvalue weighted by Crippen LogP contribution is 2.34. The Hall–Kier alpha value is -1.52. The first-order valence-corrected chi connectivity index (χ1v) is 10.2. The van der Waals surface area contributed by atoms with Gasteiger partial charge in [-0.15, -0.1) is 21.5 Å². The van der Waals surface area contributed by atoms with Gasteiger partial charge in [-0.2, -0.15) is 4.31 Å². The highest BCUT2D eigenvalue weighted by atomic mass is 35.5. The van der Waals surface area contributed by atoms with Crippen LogP contribution in [0.1, 0.15) is 17.9 Å². The van der Waals surface area contributed by atoms with Crippen LogP contribution in [0.3, 0.4) is 0 Å². The van der Waals surface area contributed by atoms with E-state index in [1.54, 1.807) is 24.4 Å². The van der Waals surface area contributed by atoms with Crippen molar-refractivity contribution in [2.75, 3.05) is 19.7 Å². The zero-order valence-electron chi connectivity index (χ0n) is 13.2. The minimum atomic E-state index is -3.68. The first-order chi connectivity index (χ1) is 11.9. The number of rotatable bonds is 3. The first kappa shape index (κ1) is 16.9. The van der Waals surface area contributed by atoms with E-state index in [1.165, 1.54) is 15.6 Å². The van der Waals surface area contributed by atoms with Crippen molar-refractivity contribution in [3.8, 4) is 0 Å². The minimum absolute atomic E-state index is 0.127. The molecule has 0 aliphatic carbocycles. The lowest BCUT2D eigenvalue weighted by atomic mass is 10.3. The van der Waals surface area contributed by atoms with Crippen LogP contribution in [0.5, 0.6) is 0 Å². The van der Waals surface area contributed by atoms with Crippen LogP contribution in [0.4, 0.5) is 0 Å². The number of benzene rings is 1. The lowest BCUT2D eigenvalue weighted by Crippen LogP contribution is -2.42. The van der Waals surface area contributed by atoms with Gasteiger partial charge < -0.3 is 9.15 Å². The summed E-state index contributed by atoms with van der Waals surface area (Å²) in [6.07, 6.45) is -0.571.